The molecule has 1 saturated heterocycles. The Bertz CT molecular complexity index is 231. The SMILES string of the molecule is CN(C)CC1CCCN1C(=O)CCCCCN. The van der Waals surface area contributed by atoms with E-state index < -0.39 is 0 Å². The first kappa shape index (κ1) is 14.5. The Morgan fingerprint density at radius 2 is 2.12 bits per heavy atom. The normalized spacial score (nSPS) is 20.2. The number of likely N-dealkylation sites (tertiary alicyclic amines) is 1. The number of amides is 1. The Hall–Kier alpha value is -0.610. The van der Waals surface area contributed by atoms with Gasteiger partial charge in [-0.15, -0.1) is 0 Å². The summed E-state index contributed by atoms with van der Waals surface area (Å²) in [6, 6.07) is 0.437. The molecule has 100 valence electrons. The van der Waals surface area contributed by atoms with Gasteiger partial charge in [0.2, 0.25) is 5.91 Å². The minimum atomic E-state index is 0.339. The summed E-state index contributed by atoms with van der Waals surface area (Å²) in [5.74, 6) is 0.339. The largest absolute Gasteiger partial charge is 0.338 e. The third-order valence-electron chi connectivity index (χ3n) is 3.37. The van der Waals surface area contributed by atoms with Crippen molar-refractivity contribution in [3.63, 3.8) is 0 Å². The Morgan fingerprint density at radius 1 is 1.35 bits per heavy atom. The van der Waals surface area contributed by atoms with Gasteiger partial charge in [-0.1, -0.05) is 6.42 Å². The molecule has 0 aromatic rings. The lowest BCUT2D eigenvalue weighted by molar-refractivity contribution is -0.132. The fourth-order valence-electron chi connectivity index (χ4n) is 2.52. The van der Waals surface area contributed by atoms with E-state index in [0.717, 1.165) is 51.7 Å². The van der Waals surface area contributed by atoms with Crippen molar-refractivity contribution >= 4 is 5.91 Å². The Kier molecular flexibility index (Phi) is 6.52. The molecule has 0 bridgehead atoms. The maximum Gasteiger partial charge on any atom is 0.222 e. The van der Waals surface area contributed by atoms with Gasteiger partial charge >= 0.3 is 0 Å². The first-order valence-corrected chi connectivity index (χ1v) is 6.79. The van der Waals surface area contributed by atoms with Crippen molar-refractivity contribution in [2.24, 2.45) is 5.73 Å². The lowest BCUT2D eigenvalue weighted by Gasteiger charge is -2.27. The standard InChI is InChI=1S/C13H27N3O/c1-15(2)11-12-7-6-10-16(12)13(17)8-4-3-5-9-14/h12H,3-11,14H2,1-2H3. The Balaban J connectivity index is 2.29. The average Bonchev–Trinajstić information content (AvgIpc) is 2.71. The molecule has 17 heavy (non-hydrogen) atoms. The number of carbonyl (C=O) groups is 1. The molecule has 1 amide bonds. The quantitative estimate of drug-likeness (QED) is 0.678. The lowest BCUT2D eigenvalue weighted by Crippen LogP contribution is -2.41. The van der Waals surface area contributed by atoms with Crippen LogP contribution in [0.2, 0.25) is 0 Å². The highest BCUT2D eigenvalue weighted by Crippen LogP contribution is 2.19. The molecule has 1 atom stereocenters. The van der Waals surface area contributed by atoms with Gasteiger partial charge in [0.25, 0.3) is 0 Å². The third-order valence-corrected chi connectivity index (χ3v) is 3.37. The first-order valence-electron chi connectivity index (χ1n) is 6.79. The van der Waals surface area contributed by atoms with E-state index in [1.807, 2.05) is 0 Å². The fraction of sp³-hybridized carbons (Fsp3) is 0.923. The number of unbranched alkanes of at least 4 members (excludes halogenated alkanes) is 2. The summed E-state index contributed by atoms with van der Waals surface area (Å²) in [5.41, 5.74) is 5.44. The van der Waals surface area contributed by atoms with Gasteiger partial charge < -0.3 is 15.5 Å². The summed E-state index contributed by atoms with van der Waals surface area (Å²) in [6.45, 7) is 2.68. The van der Waals surface area contributed by atoms with Crippen molar-refractivity contribution in [2.75, 3.05) is 33.7 Å². The van der Waals surface area contributed by atoms with E-state index >= 15 is 0 Å². The summed E-state index contributed by atoms with van der Waals surface area (Å²) in [6.07, 6.45) is 6.12. The molecule has 0 saturated carbocycles. The van der Waals surface area contributed by atoms with Gasteiger partial charge in [-0.05, 0) is 46.3 Å². The minimum absolute atomic E-state index is 0.339. The molecule has 1 fully saturated rings. The van der Waals surface area contributed by atoms with E-state index in [2.05, 4.69) is 23.9 Å². The third kappa shape index (κ3) is 5.04. The van der Waals surface area contributed by atoms with Gasteiger partial charge in [0.1, 0.15) is 0 Å². The van der Waals surface area contributed by atoms with Gasteiger partial charge in [0.15, 0.2) is 0 Å². The summed E-state index contributed by atoms with van der Waals surface area (Å²) in [5, 5.41) is 0. The van der Waals surface area contributed by atoms with Crippen LogP contribution in [-0.2, 0) is 4.79 Å². The molecule has 1 unspecified atom stereocenters. The molecule has 4 nitrogen and oxygen atoms in total. The van der Waals surface area contributed by atoms with Crippen molar-refractivity contribution in [3.05, 3.63) is 0 Å². The molecule has 1 rings (SSSR count). The van der Waals surface area contributed by atoms with Gasteiger partial charge in [-0.3, -0.25) is 4.79 Å². The molecule has 1 heterocycles. The molecule has 1 aliphatic heterocycles. The van der Waals surface area contributed by atoms with E-state index in [1.54, 1.807) is 0 Å². The number of hydrogen-bond acceptors (Lipinski definition) is 3. The molecule has 1 aliphatic rings. The predicted octanol–water partition coefficient (Wildman–Crippen LogP) is 1.06. The highest BCUT2D eigenvalue weighted by Gasteiger charge is 2.28. The van der Waals surface area contributed by atoms with Gasteiger partial charge in [-0.25, -0.2) is 0 Å². The highest BCUT2D eigenvalue weighted by atomic mass is 16.2. The van der Waals surface area contributed by atoms with Crippen molar-refractivity contribution in [2.45, 2.75) is 44.6 Å². The number of rotatable bonds is 7. The monoisotopic (exact) mass is 241 g/mol. The van der Waals surface area contributed by atoms with Crippen LogP contribution in [0.25, 0.3) is 0 Å². The molecule has 0 aromatic carbocycles. The topological polar surface area (TPSA) is 49.6 Å². The fourth-order valence-corrected chi connectivity index (χ4v) is 2.52. The molecule has 0 radical (unpaired) electrons. The van der Waals surface area contributed by atoms with Gasteiger partial charge in [0, 0.05) is 25.6 Å². The van der Waals surface area contributed by atoms with Crippen LogP contribution in [0.5, 0.6) is 0 Å². The maximum atomic E-state index is 12.1. The average molecular weight is 241 g/mol. The number of likely N-dealkylation sites (N-methyl/N-ethyl adjacent to an activating group) is 1. The van der Waals surface area contributed by atoms with E-state index in [0.29, 0.717) is 18.4 Å². The molecule has 4 heteroatoms. The summed E-state index contributed by atoms with van der Waals surface area (Å²) in [4.78, 5) is 16.3. The minimum Gasteiger partial charge on any atom is -0.338 e. The van der Waals surface area contributed by atoms with E-state index in [-0.39, 0.29) is 0 Å². The summed E-state index contributed by atoms with van der Waals surface area (Å²) < 4.78 is 0. The van der Waals surface area contributed by atoms with Crippen molar-refractivity contribution in [1.82, 2.24) is 9.80 Å². The Labute approximate surface area is 105 Å². The van der Waals surface area contributed by atoms with Crippen LogP contribution >= 0.6 is 0 Å². The van der Waals surface area contributed by atoms with E-state index in [4.69, 9.17) is 5.73 Å². The molecule has 2 N–H and O–H groups in total. The van der Waals surface area contributed by atoms with Crippen LogP contribution < -0.4 is 5.73 Å². The molecular weight excluding hydrogens is 214 g/mol. The Morgan fingerprint density at radius 3 is 2.76 bits per heavy atom. The van der Waals surface area contributed by atoms with E-state index in [9.17, 15) is 4.79 Å². The number of carbonyl (C=O) groups excluding carboxylic acids is 1. The van der Waals surface area contributed by atoms with Crippen LogP contribution in [0.4, 0.5) is 0 Å². The zero-order chi connectivity index (χ0) is 12.7. The van der Waals surface area contributed by atoms with Crippen molar-refractivity contribution in [3.8, 4) is 0 Å². The van der Waals surface area contributed by atoms with Crippen molar-refractivity contribution in [1.29, 1.82) is 0 Å². The van der Waals surface area contributed by atoms with Crippen LogP contribution in [-0.4, -0.2) is 55.5 Å². The second-order valence-corrected chi connectivity index (χ2v) is 5.24. The molecule has 0 spiro atoms. The molecule has 0 aromatic heterocycles. The van der Waals surface area contributed by atoms with Crippen molar-refractivity contribution < 1.29 is 4.79 Å². The second kappa shape index (κ2) is 7.67. The lowest BCUT2D eigenvalue weighted by atomic mass is 10.1. The number of hydrogen-bond donors (Lipinski definition) is 1. The number of nitrogens with zero attached hydrogens (tertiary/aromatic N) is 2. The number of nitrogens with two attached hydrogens (primary N) is 1. The van der Waals surface area contributed by atoms with Gasteiger partial charge in [0.05, 0.1) is 0 Å². The molecular formula is C13H27N3O. The smallest absolute Gasteiger partial charge is 0.222 e. The van der Waals surface area contributed by atoms with Crippen LogP contribution in [0.15, 0.2) is 0 Å². The molecule has 0 aliphatic carbocycles. The zero-order valence-corrected chi connectivity index (χ0v) is 11.3. The first-order chi connectivity index (χ1) is 8.15. The second-order valence-electron chi connectivity index (χ2n) is 5.24. The van der Waals surface area contributed by atoms with Crippen LogP contribution in [0, 0.1) is 0 Å². The summed E-state index contributed by atoms with van der Waals surface area (Å²) in [7, 11) is 4.14. The van der Waals surface area contributed by atoms with Crippen LogP contribution in [0.3, 0.4) is 0 Å². The van der Waals surface area contributed by atoms with Crippen LogP contribution in [0.1, 0.15) is 38.5 Å². The summed E-state index contributed by atoms with van der Waals surface area (Å²) >= 11 is 0. The van der Waals surface area contributed by atoms with Gasteiger partial charge in [-0.2, -0.15) is 0 Å². The predicted molar refractivity (Wildman–Crippen MR) is 70.8 cm³/mol. The zero-order valence-electron chi connectivity index (χ0n) is 11.3. The maximum absolute atomic E-state index is 12.1. The van der Waals surface area contributed by atoms with E-state index in [1.165, 1.54) is 0 Å². The highest BCUT2D eigenvalue weighted by molar-refractivity contribution is 5.76.